The Morgan fingerprint density at radius 3 is 2.25 bits per heavy atom. The molecule has 0 aromatic heterocycles. The second-order valence-electron chi connectivity index (χ2n) is 7.94. The van der Waals surface area contributed by atoms with Gasteiger partial charge in [-0.1, -0.05) is 23.7 Å². The molecule has 2 fully saturated rings. The summed E-state index contributed by atoms with van der Waals surface area (Å²) in [5.41, 5.74) is 0.835. The van der Waals surface area contributed by atoms with Gasteiger partial charge in [0, 0.05) is 5.02 Å². The Hall–Kier alpha value is -2.46. The van der Waals surface area contributed by atoms with Gasteiger partial charge in [-0.25, -0.2) is 8.42 Å². The number of carbonyl (C=O) groups excluding carboxylic acids is 2. The molecule has 4 rings (SSSR count). The van der Waals surface area contributed by atoms with Gasteiger partial charge in [0.1, 0.15) is 5.75 Å². The van der Waals surface area contributed by atoms with E-state index in [0.29, 0.717) is 37.0 Å². The minimum atomic E-state index is -3.62. The summed E-state index contributed by atoms with van der Waals surface area (Å²) in [7, 11) is -2.10. The van der Waals surface area contributed by atoms with E-state index in [2.05, 4.69) is 0 Å². The van der Waals surface area contributed by atoms with E-state index >= 15 is 0 Å². The standard InChI is InChI=1S/C22H24ClN3O5S/c1-31-18-6-8-19(9-7-18)32(29,30)25-12-10-24(11-13-25)20-14-21(27)26(22(20)28)15-16-2-4-17(23)5-3-16/h2-9,20H,10-15H2,1H3/p+1/t20-/m0/s1. The van der Waals surface area contributed by atoms with Gasteiger partial charge in [-0.3, -0.25) is 14.5 Å². The van der Waals surface area contributed by atoms with E-state index < -0.39 is 16.1 Å². The maximum absolute atomic E-state index is 13.0. The fourth-order valence-corrected chi connectivity index (χ4v) is 5.77. The van der Waals surface area contributed by atoms with Crippen molar-refractivity contribution in [3.05, 3.63) is 59.1 Å². The van der Waals surface area contributed by atoms with Crippen LogP contribution in [0.25, 0.3) is 0 Å². The number of halogens is 1. The maximum Gasteiger partial charge on any atom is 0.288 e. The highest BCUT2D eigenvalue weighted by molar-refractivity contribution is 7.89. The quantitative estimate of drug-likeness (QED) is 0.613. The van der Waals surface area contributed by atoms with Crippen molar-refractivity contribution in [2.45, 2.75) is 23.9 Å². The number of hydrogen-bond donors (Lipinski definition) is 1. The van der Waals surface area contributed by atoms with Crippen LogP contribution in [-0.4, -0.2) is 68.8 Å². The molecule has 0 spiro atoms. The van der Waals surface area contributed by atoms with Crippen molar-refractivity contribution in [3.8, 4) is 5.75 Å². The van der Waals surface area contributed by atoms with Crippen LogP contribution in [-0.2, 0) is 26.2 Å². The summed E-state index contributed by atoms with van der Waals surface area (Å²) in [6.45, 7) is 1.73. The summed E-state index contributed by atoms with van der Waals surface area (Å²) < 4.78 is 32.4. The average Bonchev–Trinajstić information content (AvgIpc) is 3.09. The summed E-state index contributed by atoms with van der Waals surface area (Å²) in [6.07, 6.45) is 0.146. The molecule has 0 unspecified atom stereocenters. The van der Waals surface area contributed by atoms with Gasteiger partial charge in [0.25, 0.3) is 5.91 Å². The number of quaternary nitrogens is 1. The van der Waals surface area contributed by atoms with E-state index in [9.17, 15) is 18.0 Å². The fraction of sp³-hybridized carbons (Fsp3) is 0.364. The first kappa shape index (κ1) is 22.7. The molecule has 0 bridgehead atoms. The van der Waals surface area contributed by atoms with Crippen LogP contribution >= 0.6 is 11.6 Å². The van der Waals surface area contributed by atoms with Crippen LogP contribution in [0.3, 0.4) is 0 Å². The lowest BCUT2D eigenvalue weighted by molar-refractivity contribution is -0.918. The predicted molar refractivity (Wildman–Crippen MR) is 118 cm³/mol. The summed E-state index contributed by atoms with van der Waals surface area (Å²) in [6, 6.07) is 12.9. The molecule has 2 saturated heterocycles. The van der Waals surface area contributed by atoms with Crippen molar-refractivity contribution in [1.29, 1.82) is 0 Å². The van der Waals surface area contributed by atoms with Gasteiger partial charge >= 0.3 is 0 Å². The summed E-state index contributed by atoms with van der Waals surface area (Å²) in [4.78, 5) is 27.9. The molecular weight excluding hydrogens is 454 g/mol. The Bertz CT molecular complexity index is 1100. The highest BCUT2D eigenvalue weighted by Gasteiger charge is 2.46. The number of nitrogens with zero attached hydrogens (tertiary/aromatic N) is 2. The molecule has 2 aromatic rings. The van der Waals surface area contributed by atoms with Crippen molar-refractivity contribution in [1.82, 2.24) is 9.21 Å². The summed E-state index contributed by atoms with van der Waals surface area (Å²) in [5.74, 6) is 0.188. The van der Waals surface area contributed by atoms with Gasteiger partial charge in [0.2, 0.25) is 15.9 Å². The van der Waals surface area contributed by atoms with Gasteiger partial charge in [-0.2, -0.15) is 4.31 Å². The molecule has 2 amide bonds. The average molecular weight is 479 g/mol. The molecule has 2 aliphatic rings. The number of nitrogens with one attached hydrogen (secondary N) is 1. The Kier molecular flexibility index (Phi) is 6.52. The molecule has 2 heterocycles. The van der Waals surface area contributed by atoms with E-state index in [4.69, 9.17) is 16.3 Å². The van der Waals surface area contributed by atoms with Crippen LogP contribution in [0.1, 0.15) is 12.0 Å². The number of rotatable bonds is 6. The van der Waals surface area contributed by atoms with Crippen LogP contribution in [0.15, 0.2) is 53.4 Å². The van der Waals surface area contributed by atoms with E-state index in [1.165, 1.54) is 28.4 Å². The number of carbonyl (C=O) groups is 2. The zero-order valence-corrected chi connectivity index (χ0v) is 19.2. The number of methoxy groups -OCH3 is 1. The number of benzene rings is 2. The second-order valence-corrected chi connectivity index (χ2v) is 10.3. The van der Waals surface area contributed by atoms with Gasteiger partial charge in [0.05, 0.1) is 51.1 Å². The van der Waals surface area contributed by atoms with Crippen LogP contribution in [0.5, 0.6) is 5.75 Å². The third-order valence-electron chi connectivity index (χ3n) is 6.05. The number of sulfonamides is 1. The van der Waals surface area contributed by atoms with Crippen molar-refractivity contribution in [3.63, 3.8) is 0 Å². The molecule has 8 nitrogen and oxygen atoms in total. The van der Waals surface area contributed by atoms with E-state index in [1.807, 2.05) is 0 Å². The lowest BCUT2D eigenvalue weighted by Crippen LogP contribution is -3.19. The molecule has 0 radical (unpaired) electrons. The maximum atomic E-state index is 13.0. The topological polar surface area (TPSA) is 88.4 Å². The molecule has 1 N–H and O–H groups in total. The van der Waals surface area contributed by atoms with Crippen molar-refractivity contribution < 1.29 is 27.6 Å². The van der Waals surface area contributed by atoms with Gasteiger partial charge in [-0.15, -0.1) is 0 Å². The van der Waals surface area contributed by atoms with Crippen molar-refractivity contribution >= 4 is 33.4 Å². The number of imide groups is 1. The summed E-state index contributed by atoms with van der Waals surface area (Å²) >= 11 is 5.90. The minimum absolute atomic E-state index is 0.146. The van der Waals surface area contributed by atoms with Crippen LogP contribution < -0.4 is 9.64 Å². The Labute approximate surface area is 192 Å². The molecule has 2 aliphatic heterocycles. The predicted octanol–water partition coefficient (Wildman–Crippen LogP) is 0.566. The van der Waals surface area contributed by atoms with E-state index in [-0.39, 0.29) is 29.7 Å². The largest absolute Gasteiger partial charge is 0.497 e. The van der Waals surface area contributed by atoms with Crippen LogP contribution in [0.2, 0.25) is 5.02 Å². The van der Waals surface area contributed by atoms with Gasteiger partial charge < -0.3 is 9.64 Å². The first-order valence-corrected chi connectivity index (χ1v) is 12.2. The number of amides is 2. The molecular formula is C22H25ClN3O5S+. The molecule has 1 atom stereocenters. The Morgan fingerprint density at radius 2 is 1.66 bits per heavy atom. The normalized spacial score (nSPS) is 20.7. The monoisotopic (exact) mass is 478 g/mol. The van der Waals surface area contributed by atoms with E-state index in [0.717, 1.165) is 10.5 Å². The highest BCUT2D eigenvalue weighted by Crippen LogP contribution is 2.20. The van der Waals surface area contributed by atoms with Crippen LogP contribution in [0.4, 0.5) is 0 Å². The lowest BCUT2D eigenvalue weighted by Gasteiger charge is -2.33. The van der Waals surface area contributed by atoms with Crippen LogP contribution in [0, 0.1) is 0 Å². The number of ether oxygens (including phenoxy) is 1. The molecule has 0 saturated carbocycles. The zero-order chi connectivity index (χ0) is 22.9. The first-order chi connectivity index (χ1) is 15.3. The van der Waals surface area contributed by atoms with Crippen molar-refractivity contribution in [2.75, 3.05) is 33.3 Å². The molecule has 32 heavy (non-hydrogen) atoms. The Morgan fingerprint density at radius 1 is 1.03 bits per heavy atom. The third kappa shape index (κ3) is 4.52. The van der Waals surface area contributed by atoms with Gasteiger partial charge in [-0.05, 0) is 42.0 Å². The SMILES string of the molecule is COc1ccc(S(=O)(=O)N2CC[NH+]([C@H]3CC(=O)N(Cc4ccc(Cl)cc4)C3=O)CC2)cc1. The highest BCUT2D eigenvalue weighted by atomic mass is 35.5. The van der Waals surface area contributed by atoms with Gasteiger partial charge in [0.15, 0.2) is 6.04 Å². The zero-order valence-electron chi connectivity index (χ0n) is 17.7. The minimum Gasteiger partial charge on any atom is -0.497 e. The number of hydrogen-bond acceptors (Lipinski definition) is 5. The van der Waals surface area contributed by atoms with E-state index in [1.54, 1.807) is 36.4 Å². The second kappa shape index (κ2) is 9.19. The Balaban J connectivity index is 1.39. The molecule has 10 heteroatoms. The number of likely N-dealkylation sites (tertiary alicyclic amines) is 1. The van der Waals surface area contributed by atoms with Crippen molar-refractivity contribution in [2.24, 2.45) is 0 Å². The lowest BCUT2D eigenvalue weighted by atomic mass is 10.2. The summed E-state index contributed by atoms with van der Waals surface area (Å²) in [5, 5.41) is 0.595. The fourth-order valence-electron chi connectivity index (χ4n) is 4.20. The number of piperazine rings is 1. The molecule has 0 aliphatic carbocycles. The third-order valence-corrected chi connectivity index (χ3v) is 8.22. The smallest absolute Gasteiger partial charge is 0.288 e. The molecule has 2 aromatic carbocycles. The first-order valence-electron chi connectivity index (χ1n) is 10.4. The molecule has 170 valence electrons.